The van der Waals surface area contributed by atoms with Gasteiger partial charge in [0, 0.05) is 6.04 Å². The monoisotopic (exact) mass is 387 g/mol. The standard InChI is InChI=1S/C16H16F3N3O3S/c1-26(24,25)22-12-3-2-10(16(17,18)19)4-11(12)14(23)21-13-7-15(8-20)5-9(13)6-15/h2-4,9,13,22H,5-7H2,1H3,(H,21,23). The lowest BCUT2D eigenvalue weighted by atomic mass is 9.71. The normalized spacial score (nSPS) is 27.3. The first-order valence-corrected chi connectivity index (χ1v) is 9.73. The molecule has 2 N–H and O–H groups in total. The van der Waals surface area contributed by atoms with E-state index in [1.54, 1.807) is 0 Å². The van der Waals surface area contributed by atoms with Gasteiger partial charge in [0.05, 0.1) is 34.6 Å². The molecule has 3 aliphatic rings. The fourth-order valence-electron chi connectivity index (χ4n) is 3.73. The maximum atomic E-state index is 13.0. The molecule has 2 bridgehead atoms. The summed E-state index contributed by atoms with van der Waals surface area (Å²) in [5.41, 5.74) is -2.13. The number of hydrogen-bond donors (Lipinski definition) is 2. The number of carbonyl (C=O) groups is 1. The summed E-state index contributed by atoms with van der Waals surface area (Å²) in [4.78, 5) is 12.5. The van der Waals surface area contributed by atoms with Gasteiger partial charge in [0.15, 0.2) is 0 Å². The highest BCUT2D eigenvalue weighted by Crippen LogP contribution is 2.58. The van der Waals surface area contributed by atoms with Crippen LogP contribution in [0.5, 0.6) is 0 Å². The lowest BCUT2D eigenvalue weighted by Gasteiger charge is -2.31. The van der Waals surface area contributed by atoms with E-state index in [-0.39, 0.29) is 17.6 Å². The second kappa shape index (κ2) is 5.87. The van der Waals surface area contributed by atoms with Gasteiger partial charge in [0.25, 0.3) is 5.91 Å². The Hall–Kier alpha value is -2.28. The largest absolute Gasteiger partial charge is 0.416 e. The molecule has 26 heavy (non-hydrogen) atoms. The SMILES string of the molecule is CS(=O)(=O)Nc1ccc(C(F)(F)F)cc1C(=O)NC1CC2(C#N)CC1C2. The van der Waals surface area contributed by atoms with Gasteiger partial charge in [-0.3, -0.25) is 9.52 Å². The summed E-state index contributed by atoms with van der Waals surface area (Å²) in [5, 5.41) is 11.8. The molecular formula is C16H16F3N3O3S. The molecule has 3 saturated carbocycles. The Labute approximate surface area is 148 Å². The van der Waals surface area contributed by atoms with Crippen molar-refractivity contribution in [3.63, 3.8) is 0 Å². The minimum Gasteiger partial charge on any atom is -0.349 e. The highest BCUT2D eigenvalue weighted by atomic mass is 32.2. The van der Waals surface area contributed by atoms with Gasteiger partial charge in [-0.25, -0.2) is 8.42 Å². The first kappa shape index (κ1) is 18.5. The molecule has 6 nitrogen and oxygen atoms in total. The van der Waals surface area contributed by atoms with Gasteiger partial charge in [-0.05, 0) is 43.4 Å². The Morgan fingerprint density at radius 2 is 1.96 bits per heavy atom. The molecule has 0 spiro atoms. The molecule has 1 aromatic carbocycles. The van der Waals surface area contributed by atoms with E-state index in [0.29, 0.717) is 31.4 Å². The zero-order chi connectivity index (χ0) is 19.3. The van der Waals surface area contributed by atoms with Gasteiger partial charge in [-0.2, -0.15) is 18.4 Å². The third kappa shape index (κ3) is 3.49. The molecule has 140 valence electrons. The Bertz CT molecular complexity index is 900. The van der Waals surface area contributed by atoms with Crippen LogP contribution in [-0.2, 0) is 16.2 Å². The fourth-order valence-corrected chi connectivity index (χ4v) is 4.31. The highest BCUT2D eigenvalue weighted by Gasteiger charge is 2.57. The highest BCUT2D eigenvalue weighted by molar-refractivity contribution is 7.92. The van der Waals surface area contributed by atoms with Gasteiger partial charge < -0.3 is 5.32 Å². The third-order valence-electron chi connectivity index (χ3n) is 4.93. The van der Waals surface area contributed by atoms with Crippen molar-refractivity contribution in [2.45, 2.75) is 31.5 Å². The molecule has 1 amide bonds. The average Bonchev–Trinajstić information content (AvgIpc) is 2.98. The Morgan fingerprint density at radius 1 is 1.31 bits per heavy atom. The molecular weight excluding hydrogens is 371 g/mol. The van der Waals surface area contributed by atoms with Crippen molar-refractivity contribution in [1.82, 2.24) is 5.32 Å². The quantitative estimate of drug-likeness (QED) is 0.829. The second-order valence-corrected chi connectivity index (χ2v) is 8.73. The number of rotatable bonds is 4. The molecule has 1 unspecified atom stereocenters. The summed E-state index contributed by atoms with van der Waals surface area (Å²) in [6, 6.07) is 4.18. The minimum atomic E-state index is -4.67. The van der Waals surface area contributed by atoms with E-state index in [1.807, 2.05) is 0 Å². The Morgan fingerprint density at radius 3 is 2.46 bits per heavy atom. The second-order valence-electron chi connectivity index (χ2n) is 6.98. The van der Waals surface area contributed by atoms with E-state index >= 15 is 0 Å². The number of nitrogens with one attached hydrogen (secondary N) is 2. The van der Waals surface area contributed by atoms with E-state index < -0.39 is 38.6 Å². The summed E-state index contributed by atoms with van der Waals surface area (Å²) in [7, 11) is -3.78. The van der Waals surface area contributed by atoms with Crippen LogP contribution in [-0.4, -0.2) is 26.6 Å². The van der Waals surface area contributed by atoms with Crippen molar-refractivity contribution in [3.8, 4) is 6.07 Å². The van der Waals surface area contributed by atoms with Crippen molar-refractivity contribution in [3.05, 3.63) is 29.3 Å². The summed E-state index contributed by atoms with van der Waals surface area (Å²) >= 11 is 0. The van der Waals surface area contributed by atoms with Gasteiger partial charge in [0.2, 0.25) is 10.0 Å². The number of alkyl halides is 3. The molecule has 4 rings (SSSR count). The number of halogens is 3. The molecule has 3 fully saturated rings. The number of hydrogen-bond acceptors (Lipinski definition) is 4. The van der Waals surface area contributed by atoms with E-state index in [0.717, 1.165) is 12.3 Å². The van der Waals surface area contributed by atoms with E-state index in [1.165, 1.54) is 0 Å². The van der Waals surface area contributed by atoms with Crippen LogP contribution in [0.3, 0.4) is 0 Å². The van der Waals surface area contributed by atoms with Crippen LogP contribution < -0.4 is 10.0 Å². The van der Waals surface area contributed by atoms with Crippen LogP contribution in [0.2, 0.25) is 0 Å². The summed E-state index contributed by atoms with van der Waals surface area (Å²) < 4.78 is 63.8. The number of nitrogens with zero attached hydrogens (tertiary/aromatic N) is 1. The van der Waals surface area contributed by atoms with Crippen LogP contribution in [0.15, 0.2) is 18.2 Å². The summed E-state index contributed by atoms with van der Waals surface area (Å²) in [6.07, 6.45) is -2.06. The fraction of sp³-hybridized carbons (Fsp3) is 0.500. The molecule has 1 aromatic rings. The van der Waals surface area contributed by atoms with Gasteiger partial charge >= 0.3 is 6.18 Å². The lowest BCUT2D eigenvalue weighted by molar-refractivity contribution is -0.137. The molecule has 1 atom stereocenters. The predicted molar refractivity (Wildman–Crippen MR) is 86.6 cm³/mol. The van der Waals surface area contributed by atoms with Crippen LogP contribution in [0, 0.1) is 22.7 Å². The number of benzene rings is 1. The maximum absolute atomic E-state index is 13.0. The molecule has 0 radical (unpaired) electrons. The first-order chi connectivity index (χ1) is 11.9. The maximum Gasteiger partial charge on any atom is 0.416 e. The topological polar surface area (TPSA) is 99.1 Å². The first-order valence-electron chi connectivity index (χ1n) is 7.84. The predicted octanol–water partition coefficient (Wildman–Crippen LogP) is 2.50. The van der Waals surface area contributed by atoms with Gasteiger partial charge in [-0.15, -0.1) is 0 Å². The number of fused-ring (bicyclic) bond motifs is 1. The summed E-state index contributed by atoms with van der Waals surface area (Å²) in [6.45, 7) is 0. The Balaban J connectivity index is 1.88. The average molecular weight is 387 g/mol. The van der Waals surface area contributed by atoms with E-state index in [4.69, 9.17) is 5.26 Å². The number of sulfonamides is 1. The van der Waals surface area contributed by atoms with Crippen LogP contribution in [0.1, 0.15) is 35.2 Å². The summed E-state index contributed by atoms with van der Waals surface area (Å²) in [5.74, 6) is -0.677. The van der Waals surface area contributed by atoms with Crippen molar-refractivity contribution >= 4 is 21.6 Å². The van der Waals surface area contributed by atoms with Crippen molar-refractivity contribution in [2.75, 3.05) is 11.0 Å². The van der Waals surface area contributed by atoms with Crippen LogP contribution >= 0.6 is 0 Å². The number of carbonyl (C=O) groups excluding carboxylic acids is 1. The molecule has 0 heterocycles. The Kier molecular flexibility index (Phi) is 4.18. The van der Waals surface area contributed by atoms with Crippen molar-refractivity contribution in [2.24, 2.45) is 11.3 Å². The van der Waals surface area contributed by atoms with E-state index in [2.05, 4.69) is 16.1 Å². The molecule has 10 heteroatoms. The molecule has 0 saturated heterocycles. The third-order valence-corrected chi connectivity index (χ3v) is 5.52. The number of nitriles is 1. The molecule has 0 aromatic heterocycles. The van der Waals surface area contributed by atoms with Crippen molar-refractivity contribution < 1.29 is 26.4 Å². The molecule has 0 aliphatic heterocycles. The molecule has 3 aliphatic carbocycles. The zero-order valence-electron chi connectivity index (χ0n) is 13.7. The number of anilines is 1. The minimum absolute atomic E-state index is 0.121. The van der Waals surface area contributed by atoms with Gasteiger partial charge in [-0.1, -0.05) is 0 Å². The van der Waals surface area contributed by atoms with Gasteiger partial charge in [0.1, 0.15) is 0 Å². The zero-order valence-corrected chi connectivity index (χ0v) is 14.5. The number of amides is 1. The van der Waals surface area contributed by atoms with Crippen molar-refractivity contribution in [1.29, 1.82) is 5.26 Å². The van der Waals surface area contributed by atoms with Crippen LogP contribution in [0.25, 0.3) is 0 Å². The van der Waals surface area contributed by atoms with E-state index in [9.17, 15) is 26.4 Å². The van der Waals surface area contributed by atoms with Crippen LogP contribution in [0.4, 0.5) is 18.9 Å². The smallest absolute Gasteiger partial charge is 0.349 e. The lowest BCUT2D eigenvalue weighted by Crippen LogP contribution is -2.37.